The number of nitrogens with zero attached hydrogens (tertiary/aromatic N) is 2. The van der Waals surface area contributed by atoms with Crippen LogP contribution in [-0.2, 0) is 4.79 Å². The standard InChI is InChI=1S/C15H20F2N2O2/c1-11(12-3-2-4-13(16)15(12)17)19-9-7-18(8-10-19)6-5-14(20)21/h2-4,11H,5-10H2,1H3,(H,20,21). The maximum absolute atomic E-state index is 13.8. The number of benzene rings is 1. The van der Waals surface area contributed by atoms with Crippen LogP contribution in [0.3, 0.4) is 0 Å². The van der Waals surface area contributed by atoms with Crippen molar-refractivity contribution in [3.63, 3.8) is 0 Å². The molecule has 1 aliphatic rings. The van der Waals surface area contributed by atoms with E-state index in [1.165, 1.54) is 6.07 Å². The molecule has 0 aliphatic carbocycles. The lowest BCUT2D eigenvalue weighted by Gasteiger charge is -2.38. The van der Waals surface area contributed by atoms with Crippen LogP contribution in [0.15, 0.2) is 18.2 Å². The van der Waals surface area contributed by atoms with Gasteiger partial charge in [0.1, 0.15) is 0 Å². The van der Waals surface area contributed by atoms with Crippen LogP contribution in [0.2, 0.25) is 0 Å². The quantitative estimate of drug-likeness (QED) is 0.904. The van der Waals surface area contributed by atoms with Gasteiger partial charge in [-0.05, 0) is 13.0 Å². The van der Waals surface area contributed by atoms with Crippen molar-refractivity contribution in [2.24, 2.45) is 0 Å². The molecule has 1 fully saturated rings. The van der Waals surface area contributed by atoms with E-state index in [0.29, 0.717) is 12.1 Å². The molecule has 1 aromatic carbocycles. The van der Waals surface area contributed by atoms with Crippen LogP contribution in [-0.4, -0.2) is 53.6 Å². The highest BCUT2D eigenvalue weighted by Gasteiger charge is 2.24. The Morgan fingerprint density at radius 2 is 1.95 bits per heavy atom. The fraction of sp³-hybridized carbons (Fsp3) is 0.533. The number of hydrogen-bond donors (Lipinski definition) is 1. The Kier molecular flexibility index (Phi) is 5.25. The van der Waals surface area contributed by atoms with Crippen molar-refractivity contribution in [3.05, 3.63) is 35.4 Å². The summed E-state index contributed by atoms with van der Waals surface area (Å²) >= 11 is 0. The first kappa shape index (κ1) is 15.9. The number of halogens is 2. The molecule has 116 valence electrons. The van der Waals surface area contributed by atoms with E-state index >= 15 is 0 Å². The van der Waals surface area contributed by atoms with Gasteiger partial charge in [0.2, 0.25) is 0 Å². The summed E-state index contributed by atoms with van der Waals surface area (Å²) < 4.78 is 27.1. The van der Waals surface area contributed by atoms with E-state index in [4.69, 9.17) is 5.11 Å². The zero-order chi connectivity index (χ0) is 15.4. The number of rotatable bonds is 5. The highest BCUT2D eigenvalue weighted by Crippen LogP contribution is 2.25. The monoisotopic (exact) mass is 298 g/mol. The van der Waals surface area contributed by atoms with E-state index in [-0.39, 0.29) is 12.5 Å². The lowest BCUT2D eigenvalue weighted by molar-refractivity contribution is -0.137. The molecule has 0 bridgehead atoms. The van der Waals surface area contributed by atoms with Gasteiger partial charge in [-0.25, -0.2) is 8.78 Å². The Morgan fingerprint density at radius 3 is 2.57 bits per heavy atom. The predicted molar refractivity (Wildman–Crippen MR) is 75.0 cm³/mol. The predicted octanol–water partition coefficient (Wildman–Crippen LogP) is 2.12. The maximum atomic E-state index is 13.8. The highest BCUT2D eigenvalue weighted by molar-refractivity contribution is 5.66. The largest absolute Gasteiger partial charge is 0.481 e. The van der Waals surface area contributed by atoms with Gasteiger partial charge in [0.25, 0.3) is 0 Å². The lowest BCUT2D eigenvalue weighted by atomic mass is 10.0. The SMILES string of the molecule is CC(c1cccc(F)c1F)N1CCN(CCC(=O)O)CC1. The van der Waals surface area contributed by atoms with E-state index in [2.05, 4.69) is 9.80 Å². The number of carboxylic acid groups (broad SMARTS) is 1. The third kappa shape index (κ3) is 3.98. The van der Waals surface area contributed by atoms with Gasteiger partial charge < -0.3 is 10.0 Å². The average Bonchev–Trinajstić information content (AvgIpc) is 2.48. The van der Waals surface area contributed by atoms with Crippen LogP contribution >= 0.6 is 0 Å². The zero-order valence-electron chi connectivity index (χ0n) is 12.1. The first-order valence-corrected chi connectivity index (χ1v) is 7.11. The van der Waals surface area contributed by atoms with Gasteiger partial charge in [-0.15, -0.1) is 0 Å². The minimum absolute atomic E-state index is 0.133. The van der Waals surface area contributed by atoms with Crippen molar-refractivity contribution in [1.82, 2.24) is 9.80 Å². The lowest BCUT2D eigenvalue weighted by Crippen LogP contribution is -2.47. The Morgan fingerprint density at radius 1 is 1.29 bits per heavy atom. The summed E-state index contributed by atoms with van der Waals surface area (Å²) in [4.78, 5) is 14.7. The van der Waals surface area contributed by atoms with Crippen LogP contribution < -0.4 is 0 Å². The van der Waals surface area contributed by atoms with Crippen molar-refractivity contribution < 1.29 is 18.7 Å². The molecule has 6 heteroatoms. The van der Waals surface area contributed by atoms with E-state index in [0.717, 1.165) is 32.2 Å². The molecular formula is C15H20F2N2O2. The van der Waals surface area contributed by atoms with Crippen molar-refractivity contribution in [2.75, 3.05) is 32.7 Å². The second-order valence-electron chi connectivity index (χ2n) is 5.34. The molecule has 0 radical (unpaired) electrons. The Hall–Kier alpha value is -1.53. The Labute approximate surface area is 123 Å². The van der Waals surface area contributed by atoms with Crippen LogP contribution in [0.4, 0.5) is 8.78 Å². The first-order chi connectivity index (χ1) is 9.99. The van der Waals surface area contributed by atoms with Crippen LogP contribution in [0, 0.1) is 11.6 Å². The van der Waals surface area contributed by atoms with Gasteiger partial charge in [-0.1, -0.05) is 12.1 Å². The van der Waals surface area contributed by atoms with Gasteiger partial charge in [-0.2, -0.15) is 0 Å². The van der Waals surface area contributed by atoms with Crippen molar-refractivity contribution in [3.8, 4) is 0 Å². The van der Waals surface area contributed by atoms with Crippen molar-refractivity contribution in [2.45, 2.75) is 19.4 Å². The fourth-order valence-electron chi connectivity index (χ4n) is 2.67. The molecule has 21 heavy (non-hydrogen) atoms. The van der Waals surface area contributed by atoms with E-state index in [9.17, 15) is 13.6 Å². The number of piperazine rings is 1. The summed E-state index contributed by atoms with van der Waals surface area (Å²) in [6, 6.07) is 4.06. The summed E-state index contributed by atoms with van der Waals surface area (Å²) in [5.41, 5.74) is 0.369. The molecular weight excluding hydrogens is 278 g/mol. The Balaban J connectivity index is 1.92. The van der Waals surface area contributed by atoms with Gasteiger partial charge >= 0.3 is 5.97 Å². The molecule has 1 N–H and O–H groups in total. The van der Waals surface area contributed by atoms with Crippen LogP contribution in [0.1, 0.15) is 24.9 Å². The Bertz CT molecular complexity index is 502. The summed E-state index contributed by atoms with van der Waals surface area (Å²) in [5, 5.41) is 8.68. The maximum Gasteiger partial charge on any atom is 0.304 e. The van der Waals surface area contributed by atoms with E-state index in [1.54, 1.807) is 6.07 Å². The summed E-state index contributed by atoms with van der Waals surface area (Å²) in [7, 11) is 0. The van der Waals surface area contributed by atoms with Crippen molar-refractivity contribution in [1.29, 1.82) is 0 Å². The van der Waals surface area contributed by atoms with Gasteiger partial charge in [-0.3, -0.25) is 9.69 Å². The van der Waals surface area contributed by atoms with Crippen LogP contribution in [0.5, 0.6) is 0 Å². The zero-order valence-corrected chi connectivity index (χ0v) is 12.1. The van der Waals surface area contributed by atoms with Gasteiger partial charge in [0.05, 0.1) is 6.42 Å². The third-order valence-corrected chi connectivity index (χ3v) is 4.03. The van der Waals surface area contributed by atoms with Gasteiger partial charge in [0.15, 0.2) is 11.6 Å². The minimum atomic E-state index is -0.820. The topological polar surface area (TPSA) is 43.8 Å². The molecule has 0 amide bonds. The summed E-state index contributed by atoms with van der Waals surface area (Å²) in [6.45, 7) is 5.33. The number of carbonyl (C=O) groups is 1. The normalized spacial score (nSPS) is 18.6. The number of carboxylic acids is 1. The molecule has 1 unspecified atom stereocenters. The molecule has 0 saturated carbocycles. The molecule has 1 atom stereocenters. The highest BCUT2D eigenvalue weighted by atomic mass is 19.2. The second-order valence-corrected chi connectivity index (χ2v) is 5.34. The number of hydrogen-bond acceptors (Lipinski definition) is 3. The molecule has 1 aliphatic heterocycles. The molecule has 4 nitrogen and oxygen atoms in total. The first-order valence-electron chi connectivity index (χ1n) is 7.11. The average molecular weight is 298 g/mol. The summed E-state index contributed by atoms with van der Waals surface area (Å²) in [6.07, 6.45) is 0.133. The molecule has 0 spiro atoms. The van der Waals surface area contributed by atoms with Crippen molar-refractivity contribution >= 4 is 5.97 Å². The van der Waals surface area contributed by atoms with Gasteiger partial charge in [0, 0.05) is 44.3 Å². The third-order valence-electron chi connectivity index (χ3n) is 4.03. The molecule has 0 aromatic heterocycles. The minimum Gasteiger partial charge on any atom is -0.481 e. The molecule has 1 heterocycles. The number of aliphatic carboxylic acids is 1. The second kappa shape index (κ2) is 6.95. The smallest absolute Gasteiger partial charge is 0.304 e. The van der Waals surface area contributed by atoms with E-state index in [1.807, 2.05) is 6.92 Å². The fourth-order valence-corrected chi connectivity index (χ4v) is 2.67. The molecule has 1 saturated heterocycles. The van der Waals surface area contributed by atoms with E-state index < -0.39 is 17.6 Å². The molecule has 1 aromatic rings. The van der Waals surface area contributed by atoms with Crippen LogP contribution in [0.25, 0.3) is 0 Å². The summed E-state index contributed by atoms with van der Waals surface area (Å²) in [5.74, 6) is -2.40. The molecule has 2 rings (SSSR count).